The topological polar surface area (TPSA) is 59.8 Å². The molecule has 0 aliphatic carbocycles. The lowest BCUT2D eigenvalue weighted by Gasteiger charge is -2.10. The number of carbonyl (C=O) groups is 1. The van der Waals surface area contributed by atoms with E-state index in [0.29, 0.717) is 16.4 Å². The molecule has 20 heavy (non-hydrogen) atoms. The minimum atomic E-state index is -0.197. The molecule has 0 spiro atoms. The molecule has 0 aliphatic heterocycles. The predicted octanol–water partition coefficient (Wildman–Crippen LogP) is 2.76. The molecule has 5 nitrogen and oxygen atoms in total. The van der Waals surface area contributed by atoms with E-state index in [9.17, 15) is 4.79 Å². The molecule has 1 heterocycles. The molecular formula is C14H17ClN4O. The maximum atomic E-state index is 12.1. The first kappa shape index (κ1) is 14.5. The van der Waals surface area contributed by atoms with Gasteiger partial charge in [0.05, 0.1) is 11.4 Å². The Hall–Kier alpha value is -1.88. The molecule has 0 radical (unpaired) electrons. The van der Waals surface area contributed by atoms with E-state index < -0.39 is 0 Å². The van der Waals surface area contributed by atoms with Gasteiger partial charge in [0.25, 0.3) is 5.91 Å². The fourth-order valence-electron chi connectivity index (χ4n) is 1.76. The van der Waals surface area contributed by atoms with Crippen molar-refractivity contribution in [3.8, 4) is 5.69 Å². The molecule has 2 aromatic rings. The maximum absolute atomic E-state index is 12.1. The highest BCUT2D eigenvalue weighted by molar-refractivity contribution is 6.30. The Morgan fingerprint density at radius 3 is 2.65 bits per heavy atom. The first-order chi connectivity index (χ1) is 9.52. The summed E-state index contributed by atoms with van der Waals surface area (Å²) in [4.78, 5) is 12.1. The van der Waals surface area contributed by atoms with Crippen molar-refractivity contribution in [3.05, 3.63) is 40.7 Å². The molecular weight excluding hydrogens is 276 g/mol. The summed E-state index contributed by atoms with van der Waals surface area (Å²) in [5.74, 6) is -0.197. The van der Waals surface area contributed by atoms with Crippen LogP contribution in [0.25, 0.3) is 5.69 Å². The number of nitrogens with zero attached hydrogens (tertiary/aromatic N) is 3. The van der Waals surface area contributed by atoms with Crippen molar-refractivity contribution in [1.29, 1.82) is 0 Å². The van der Waals surface area contributed by atoms with Crippen LogP contribution in [0.15, 0.2) is 24.3 Å². The van der Waals surface area contributed by atoms with E-state index in [0.717, 1.165) is 12.1 Å². The van der Waals surface area contributed by atoms with Gasteiger partial charge in [-0.2, -0.15) is 0 Å². The van der Waals surface area contributed by atoms with Gasteiger partial charge in [0, 0.05) is 11.1 Å². The fraction of sp³-hybridized carbons (Fsp3) is 0.357. The van der Waals surface area contributed by atoms with Crippen molar-refractivity contribution < 1.29 is 4.79 Å². The van der Waals surface area contributed by atoms with Gasteiger partial charge in [-0.05, 0) is 44.5 Å². The second-order valence-electron chi connectivity index (χ2n) is 4.69. The molecule has 1 atom stereocenters. The predicted molar refractivity (Wildman–Crippen MR) is 78.3 cm³/mol. The van der Waals surface area contributed by atoms with Crippen LogP contribution in [0, 0.1) is 6.92 Å². The standard InChI is InChI=1S/C14H17ClN4O/c1-4-9(2)16-14(20)13-10(3)19(18-17-13)12-7-5-11(15)6-8-12/h5-9H,4H2,1-3H3,(H,16,20)/t9-/m0/s1. The molecule has 0 aliphatic rings. The van der Waals surface area contributed by atoms with Crippen molar-refractivity contribution in [1.82, 2.24) is 20.3 Å². The van der Waals surface area contributed by atoms with Crippen LogP contribution in [-0.2, 0) is 0 Å². The van der Waals surface area contributed by atoms with Crippen molar-refractivity contribution >= 4 is 17.5 Å². The van der Waals surface area contributed by atoms with E-state index in [1.54, 1.807) is 16.8 Å². The number of carbonyl (C=O) groups excluding carboxylic acids is 1. The van der Waals surface area contributed by atoms with Gasteiger partial charge in [0.2, 0.25) is 0 Å². The third kappa shape index (κ3) is 2.99. The summed E-state index contributed by atoms with van der Waals surface area (Å²) in [6, 6.07) is 7.33. The largest absolute Gasteiger partial charge is 0.348 e. The monoisotopic (exact) mass is 292 g/mol. The van der Waals surface area contributed by atoms with Crippen molar-refractivity contribution in [3.63, 3.8) is 0 Å². The van der Waals surface area contributed by atoms with Crippen LogP contribution >= 0.6 is 11.6 Å². The molecule has 2 rings (SSSR count). The summed E-state index contributed by atoms with van der Waals surface area (Å²) in [5.41, 5.74) is 1.87. The Bertz CT molecular complexity index is 606. The summed E-state index contributed by atoms with van der Waals surface area (Å²) in [6.07, 6.45) is 0.871. The Balaban J connectivity index is 2.27. The van der Waals surface area contributed by atoms with E-state index in [-0.39, 0.29) is 11.9 Å². The minimum absolute atomic E-state index is 0.114. The first-order valence-electron chi connectivity index (χ1n) is 6.52. The molecule has 0 bridgehead atoms. The lowest BCUT2D eigenvalue weighted by Crippen LogP contribution is -2.32. The average Bonchev–Trinajstić information content (AvgIpc) is 2.81. The number of benzene rings is 1. The Labute approximate surface area is 122 Å². The highest BCUT2D eigenvalue weighted by Crippen LogP contribution is 2.15. The molecule has 1 aromatic heterocycles. The SMILES string of the molecule is CC[C@H](C)NC(=O)c1nnn(-c2ccc(Cl)cc2)c1C. The van der Waals surface area contributed by atoms with Gasteiger partial charge in [0.15, 0.2) is 5.69 Å². The van der Waals surface area contributed by atoms with Crippen LogP contribution in [0.5, 0.6) is 0 Å². The molecule has 0 saturated heterocycles. The van der Waals surface area contributed by atoms with Gasteiger partial charge in [0.1, 0.15) is 0 Å². The van der Waals surface area contributed by atoms with Crippen molar-refractivity contribution in [2.75, 3.05) is 0 Å². The number of hydrogen-bond acceptors (Lipinski definition) is 3. The maximum Gasteiger partial charge on any atom is 0.273 e. The lowest BCUT2D eigenvalue weighted by molar-refractivity contribution is 0.0933. The second kappa shape index (κ2) is 6.05. The number of aromatic nitrogens is 3. The summed E-state index contributed by atoms with van der Waals surface area (Å²) in [5, 5.41) is 11.5. The van der Waals surface area contributed by atoms with Gasteiger partial charge in [-0.1, -0.05) is 23.7 Å². The minimum Gasteiger partial charge on any atom is -0.348 e. The average molecular weight is 293 g/mol. The molecule has 106 valence electrons. The molecule has 0 saturated carbocycles. The number of rotatable bonds is 4. The lowest BCUT2D eigenvalue weighted by atomic mass is 10.2. The first-order valence-corrected chi connectivity index (χ1v) is 6.89. The zero-order valence-corrected chi connectivity index (χ0v) is 12.5. The summed E-state index contributed by atoms with van der Waals surface area (Å²) >= 11 is 5.86. The molecule has 1 N–H and O–H groups in total. The third-order valence-electron chi connectivity index (χ3n) is 3.17. The van der Waals surface area contributed by atoms with Crippen LogP contribution < -0.4 is 5.32 Å². The summed E-state index contributed by atoms with van der Waals surface area (Å²) < 4.78 is 1.63. The van der Waals surface area contributed by atoms with Gasteiger partial charge in [-0.15, -0.1) is 5.10 Å². The summed E-state index contributed by atoms with van der Waals surface area (Å²) in [6.45, 7) is 5.79. The van der Waals surface area contributed by atoms with Gasteiger partial charge < -0.3 is 5.32 Å². The Morgan fingerprint density at radius 1 is 1.40 bits per heavy atom. The summed E-state index contributed by atoms with van der Waals surface area (Å²) in [7, 11) is 0. The molecule has 1 aromatic carbocycles. The number of nitrogens with one attached hydrogen (secondary N) is 1. The highest BCUT2D eigenvalue weighted by Gasteiger charge is 2.18. The van der Waals surface area contributed by atoms with Crippen molar-refractivity contribution in [2.24, 2.45) is 0 Å². The quantitative estimate of drug-likeness (QED) is 0.942. The Morgan fingerprint density at radius 2 is 2.05 bits per heavy atom. The smallest absolute Gasteiger partial charge is 0.273 e. The third-order valence-corrected chi connectivity index (χ3v) is 3.42. The van der Waals surface area contributed by atoms with E-state index in [4.69, 9.17) is 11.6 Å². The second-order valence-corrected chi connectivity index (χ2v) is 5.13. The van der Waals surface area contributed by atoms with Crippen LogP contribution in [0.2, 0.25) is 5.02 Å². The van der Waals surface area contributed by atoms with Crippen LogP contribution in [0.4, 0.5) is 0 Å². The number of hydrogen-bond donors (Lipinski definition) is 1. The van der Waals surface area contributed by atoms with E-state index in [2.05, 4.69) is 15.6 Å². The van der Waals surface area contributed by atoms with Crippen molar-refractivity contribution in [2.45, 2.75) is 33.2 Å². The van der Waals surface area contributed by atoms with Crippen LogP contribution in [0.3, 0.4) is 0 Å². The van der Waals surface area contributed by atoms with Gasteiger partial charge in [-0.25, -0.2) is 4.68 Å². The fourth-order valence-corrected chi connectivity index (χ4v) is 1.89. The van der Waals surface area contributed by atoms with Crippen LogP contribution in [0.1, 0.15) is 36.5 Å². The van der Waals surface area contributed by atoms with E-state index >= 15 is 0 Å². The molecule has 0 fully saturated rings. The Kier molecular flexibility index (Phi) is 4.39. The highest BCUT2D eigenvalue weighted by atomic mass is 35.5. The van der Waals surface area contributed by atoms with Gasteiger partial charge in [-0.3, -0.25) is 4.79 Å². The van der Waals surface area contributed by atoms with Gasteiger partial charge >= 0.3 is 0 Å². The molecule has 0 unspecified atom stereocenters. The number of amides is 1. The molecule has 1 amide bonds. The van der Waals surface area contributed by atoms with E-state index in [1.165, 1.54) is 0 Å². The number of halogens is 1. The van der Waals surface area contributed by atoms with E-state index in [1.807, 2.05) is 32.9 Å². The normalized spacial score (nSPS) is 12.2. The zero-order valence-electron chi connectivity index (χ0n) is 11.7. The van der Waals surface area contributed by atoms with Crippen LogP contribution in [-0.4, -0.2) is 26.9 Å². The zero-order chi connectivity index (χ0) is 14.7. The molecule has 6 heteroatoms.